The summed E-state index contributed by atoms with van der Waals surface area (Å²) in [5, 5.41) is 2.98. The van der Waals surface area contributed by atoms with Crippen LogP contribution in [-0.2, 0) is 6.18 Å². The number of rotatable bonds is 2. The number of halogens is 3. The SMILES string of the molecule is Nc1cccc(Nc2ccc(C(F)(F)F)cc2)c1. The normalized spacial score (nSPS) is 11.3. The van der Waals surface area contributed by atoms with Gasteiger partial charge in [-0.25, -0.2) is 0 Å². The fraction of sp³-hybridized carbons (Fsp3) is 0.0769. The van der Waals surface area contributed by atoms with Crippen molar-refractivity contribution in [3.8, 4) is 0 Å². The minimum atomic E-state index is -4.31. The van der Waals surface area contributed by atoms with Gasteiger partial charge in [0.1, 0.15) is 0 Å². The summed E-state index contributed by atoms with van der Waals surface area (Å²) >= 11 is 0. The van der Waals surface area contributed by atoms with E-state index in [2.05, 4.69) is 5.32 Å². The number of nitrogens with two attached hydrogens (primary N) is 1. The molecule has 0 aliphatic rings. The molecule has 0 fully saturated rings. The maximum atomic E-state index is 12.4. The second kappa shape index (κ2) is 4.60. The third-order valence-electron chi connectivity index (χ3n) is 2.39. The Balaban J connectivity index is 2.16. The number of anilines is 3. The van der Waals surface area contributed by atoms with Crippen molar-refractivity contribution in [2.24, 2.45) is 0 Å². The summed E-state index contributed by atoms with van der Waals surface area (Å²) in [6.45, 7) is 0. The second-order valence-corrected chi connectivity index (χ2v) is 3.83. The molecule has 0 atom stereocenters. The Bertz CT molecular complexity index is 533. The van der Waals surface area contributed by atoms with Crippen LogP contribution in [0.2, 0.25) is 0 Å². The van der Waals surface area contributed by atoms with E-state index in [9.17, 15) is 13.2 Å². The summed E-state index contributed by atoms with van der Waals surface area (Å²) in [6, 6.07) is 11.8. The van der Waals surface area contributed by atoms with Crippen molar-refractivity contribution in [1.82, 2.24) is 0 Å². The van der Waals surface area contributed by atoms with Crippen molar-refractivity contribution in [1.29, 1.82) is 0 Å². The lowest BCUT2D eigenvalue weighted by Crippen LogP contribution is -2.04. The molecule has 0 aliphatic heterocycles. The predicted octanol–water partition coefficient (Wildman–Crippen LogP) is 4.03. The zero-order valence-electron chi connectivity index (χ0n) is 9.33. The van der Waals surface area contributed by atoms with E-state index >= 15 is 0 Å². The van der Waals surface area contributed by atoms with Gasteiger partial charge in [0.25, 0.3) is 0 Å². The lowest BCUT2D eigenvalue weighted by Gasteiger charge is -2.09. The van der Waals surface area contributed by atoms with E-state index in [1.807, 2.05) is 0 Å². The van der Waals surface area contributed by atoms with Gasteiger partial charge in [-0.3, -0.25) is 0 Å². The number of benzene rings is 2. The summed E-state index contributed by atoms with van der Waals surface area (Å²) in [5.74, 6) is 0. The van der Waals surface area contributed by atoms with Gasteiger partial charge in [0.15, 0.2) is 0 Å². The van der Waals surface area contributed by atoms with Crippen molar-refractivity contribution in [2.45, 2.75) is 6.18 Å². The molecule has 2 rings (SSSR count). The lowest BCUT2D eigenvalue weighted by atomic mass is 10.2. The zero-order valence-corrected chi connectivity index (χ0v) is 9.33. The maximum Gasteiger partial charge on any atom is 0.416 e. The molecule has 2 aromatic rings. The molecule has 18 heavy (non-hydrogen) atoms. The molecule has 0 amide bonds. The van der Waals surface area contributed by atoms with Gasteiger partial charge >= 0.3 is 6.18 Å². The topological polar surface area (TPSA) is 38.0 Å². The molecule has 0 bridgehead atoms. The van der Waals surface area contributed by atoms with Crippen LogP contribution in [0.5, 0.6) is 0 Å². The first-order valence-corrected chi connectivity index (χ1v) is 5.25. The van der Waals surface area contributed by atoms with Crippen molar-refractivity contribution in [2.75, 3.05) is 11.1 Å². The van der Waals surface area contributed by atoms with Crippen LogP contribution < -0.4 is 11.1 Å². The van der Waals surface area contributed by atoms with Crippen molar-refractivity contribution < 1.29 is 13.2 Å². The van der Waals surface area contributed by atoms with E-state index in [0.717, 1.165) is 17.8 Å². The van der Waals surface area contributed by atoms with Gasteiger partial charge < -0.3 is 11.1 Å². The van der Waals surface area contributed by atoms with E-state index in [1.165, 1.54) is 12.1 Å². The number of hydrogen-bond donors (Lipinski definition) is 2. The van der Waals surface area contributed by atoms with Gasteiger partial charge in [-0.2, -0.15) is 13.2 Å². The molecule has 0 saturated carbocycles. The summed E-state index contributed by atoms with van der Waals surface area (Å²) in [6.07, 6.45) is -4.31. The second-order valence-electron chi connectivity index (χ2n) is 3.83. The minimum Gasteiger partial charge on any atom is -0.399 e. The molecule has 3 N–H and O–H groups in total. The van der Waals surface area contributed by atoms with Gasteiger partial charge in [0.2, 0.25) is 0 Å². The molecule has 0 unspecified atom stereocenters. The van der Waals surface area contributed by atoms with Crippen LogP contribution in [-0.4, -0.2) is 0 Å². The highest BCUT2D eigenvalue weighted by Crippen LogP contribution is 2.30. The smallest absolute Gasteiger partial charge is 0.399 e. The Morgan fingerprint density at radius 1 is 0.889 bits per heavy atom. The highest BCUT2D eigenvalue weighted by molar-refractivity contribution is 5.63. The molecule has 0 saturated heterocycles. The number of alkyl halides is 3. The molecule has 2 nitrogen and oxygen atoms in total. The summed E-state index contributed by atoms with van der Waals surface area (Å²) in [5.41, 5.74) is 6.84. The highest BCUT2D eigenvalue weighted by Gasteiger charge is 2.29. The zero-order chi connectivity index (χ0) is 13.2. The average Bonchev–Trinajstić information content (AvgIpc) is 2.28. The predicted molar refractivity (Wildman–Crippen MR) is 65.6 cm³/mol. The molecular formula is C13H11F3N2. The standard InChI is InChI=1S/C13H11F3N2/c14-13(15,16)9-4-6-11(7-5-9)18-12-3-1-2-10(17)8-12/h1-8,18H,17H2. The Labute approximate surface area is 102 Å². The largest absolute Gasteiger partial charge is 0.416 e. The van der Waals surface area contributed by atoms with Gasteiger partial charge in [-0.1, -0.05) is 6.07 Å². The van der Waals surface area contributed by atoms with E-state index in [4.69, 9.17) is 5.73 Å². The van der Waals surface area contributed by atoms with Crippen molar-refractivity contribution >= 4 is 17.1 Å². The molecule has 94 valence electrons. The number of nitrogen functional groups attached to an aromatic ring is 1. The first-order chi connectivity index (χ1) is 8.45. The summed E-state index contributed by atoms with van der Waals surface area (Å²) < 4.78 is 37.1. The summed E-state index contributed by atoms with van der Waals surface area (Å²) in [4.78, 5) is 0. The fourth-order valence-corrected chi connectivity index (χ4v) is 1.53. The van der Waals surface area contributed by atoms with Crippen molar-refractivity contribution in [3.05, 3.63) is 54.1 Å². The van der Waals surface area contributed by atoms with Gasteiger partial charge in [0.05, 0.1) is 5.56 Å². The Morgan fingerprint density at radius 2 is 1.56 bits per heavy atom. The lowest BCUT2D eigenvalue weighted by molar-refractivity contribution is -0.137. The van der Waals surface area contributed by atoms with E-state index in [1.54, 1.807) is 24.3 Å². The molecule has 0 heterocycles. The quantitative estimate of drug-likeness (QED) is 0.792. The number of hydrogen-bond acceptors (Lipinski definition) is 2. The molecular weight excluding hydrogens is 241 g/mol. The first kappa shape index (κ1) is 12.3. The minimum absolute atomic E-state index is 0.577. The van der Waals surface area contributed by atoms with Crippen LogP contribution in [0.15, 0.2) is 48.5 Å². The Kier molecular flexibility index (Phi) is 3.14. The van der Waals surface area contributed by atoms with Crippen LogP contribution in [0.25, 0.3) is 0 Å². The van der Waals surface area contributed by atoms with Crippen molar-refractivity contribution in [3.63, 3.8) is 0 Å². The van der Waals surface area contributed by atoms with E-state index in [0.29, 0.717) is 11.4 Å². The maximum absolute atomic E-state index is 12.4. The van der Waals surface area contributed by atoms with Gasteiger partial charge in [0, 0.05) is 17.1 Å². The first-order valence-electron chi connectivity index (χ1n) is 5.25. The Morgan fingerprint density at radius 3 is 2.11 bits per heavy atom. The third kappa shape index (κ3) is 2.94. The van der Waals surface area contributed by atoms with Crippen LogP contribution in [0.4, 0.5) is 30.2 Å². The monoisotopic (exact) mass is 252 g/mol. The highest BCUT2D eigenvalue weighted by atomic mass is 19.4. The fourth-order valence-electron chi connectivity index (χ4n) is 1.53. The Hall–Kier alpha value is -2.17. The van der Waals surface area contributed by atoms with Gasteiger partial charge in [-0.05, 0) is 42.5 Å². The third-order valence-corrected chi connectivity index (χ3v) is 2.39. The average molecular weight is 252 g/mol. The van der Waals surface area contributed by atoms with E-state index in [-0.39, 0.29) is 0 Å². The molecule has 5 heteroatoms. The molecule has 0 spiro atoms. The molecule has 0 radical (unpaired) electrons. The molecule has 2 aromatic carbocycles. The van der Waals surface area contributed by atoms with Gasteiger partial charge in [-0.15, -0.1) is 0 Å². The van der Waals surface area contributed by atoms with E-state index < -0.39 is 11.7 Å². The number of nitrogens with one attached hydrogen (secondary N) is 1. The van der Waals surface area contributed by atoms with Crippen LogP contribution in [0, 0.1) is 0 Å². The van der Waals surface area contributed by atoms with Crippen LogP contribution in [0.3, 0.4) is 0 Å². The molecule has 0 aliphatic carbocycles. The molecule has 0 aromatic heterocycles. The van der Waals surface area contributed by atoms with Crippen LogP contribution in [0.1, 0.15) is 5.56 Å². The van der Waals surface area contributed by atoms with Crippen LogP contribution >= 0.6 is 0 Å². The summed E-state index contributed by atoms with van der Waals surface area (Å²) in [7, 11) is 0.